The molecule has 2 rings (SSSR count). The summed E-state index contributed by atoms with van der Waals surface area (Å²) in [6, 6.07) is 0. The zero-order valence-corrected chi connectivity index (χ0v) is 12.1. The van der Waals surface area contributed by atoms with Crippen LogP contribution in [0.25, 0.3) is 0 Å². The molecule has 18 heavy (non-hydrogen) atoms. The van der Waals surface area contributed by atoms with Gasteiger partial charge in [0.1, 0.15) is 5.60 Å². The Bertz CT molecular complexity index is 427. The van der Waals surface area contributed by atoms with Gasteiger partial charge in [0.25, 0.3) is 0 Å². The molecule has 1 aliphatic heterocycles. The molecule has 0 amide bonds. The van der Waals surface area contributed by atoms with E-state index >= 15 is 0 Å². The summed E-state index contributed by atoms with van der Waals surface area (Å²) in [4.78, 5) is 15.9. The van der Waals surface area contributed by atoms with Crippen molar-refractivity contribution in [1.29, 1.82) is 0 Å². The van der Waals surface area contributed by atoms with Gasteiger partial charge in [-0.25, -0.2) is 9.78 Å². The molecular formula is C12H17ClN2O2S. The van der Waals surface area contributed by atoms with E-state index < -0.39 is 5.60 Å². The van der Waals surface area contributed by atoms with Crippen molar-refractivity contribution in [3.05, 3.63) is 15.5 Å². The second-order valence-electron chi connectivity index (χ2n) is 5.00. The first kappa shape index (κ1) is 13.8. The molecule has 0 spiro atoms. The number of halogens is 1. The number of rotatable bonds is 3. The molecular weight excluding hydrogens is 272 g/mol. The van der Waals surface area contributed by atoms with Gasteiger partial charge in [0.05, 0.1) is 0 Å². The van der Waals surface area contributed by atoms with Crippen molar-refractivity contribution in [2.75, 3.05) is 13.1 Å². The number of ether oxygens (including phenoxy) is 1. The Morgan fingerprint density at radius 3 is 2.78 bits per heavy atom. The molecule has 1 N–H and O–H groups in total. The van der Waals surface area contributed by atoms with Gasteiger partial charge < -0.3 is 10.1 Å². The SMILES string of the molecule is CC(C)(OC(=O)c1csc(Cl)n1)C1CCNCC1. The summed E-state index contributed by atoms with van der Waals surface area (Å²) in [6.07, 6.45) is 2.05. The second kappa shape index (κ2) is 5.55. The first-order chi connectivity index (χ1) is 8.49. The number of thiazole rings is 1. The minimum Gasteiger partial charge on any atom is -0.455 e. The fourth-order valence-electron chi connectivity index (χ4n) is 2.24. The molecule has 1 fully saturated rings. The number of piperidine rings is 1. The molecule has 0 saturated carbocycles. The molecule has 1 aromatic heterocycles. The molecule has 1 aromatic rings. The van der Waals surface area contributed by atoms with Gasteiger partial charge in [-0.05, 0) is 39.8 Å². The van der Waals surface area contributed by atoms with Gasteiger partial charge in [-0.3, -0.25) is 0 Å². The predicted octanol–water partition coefficient (Wildman–Crippen LogP) is 2.73. The number of hydrogen-bond donors (Lipinski definition) is 1. The van der Waals surface area contributed by atoms with Crippen LogP contribution in [0.3, 0.4) is 0 Å². The van der Waals surface area contributed by atoms with E-state index in [1.54, 1.807) is 5.38 Å². The molecule has 0 unspecified atom stereocenters. The van der Waals surface area contributed by atoms with E-state index in [9.17, 15) is 4.79 Å². The van der Waals surface area contributed by atoms with Crippen LogP contribution in [-0.2, 0) is 4.74 Å². The minimum atomic E-state index is -0.463. The Hall–Kier alpha value is -0.650. The lowest BCUT2D eigenvalue weighted by molar-refractivity contribution is -0.0372. The molecule has 0 radical (unpaired) electrons. The molecule has 0 bridgehead atoms. The maximum absolute atomic E-state index is 12.0. The zero-order chi connectivity index (χ0) is 13.2. The first-order valence-corrected chi connectivity index (χ1v) is 7.30. The summed E-state index contributed by atoms with van der Waals surface area (Å²) in [5.74, 6) is -0.00140. The molecule has 0 aliphatic carbocycles. The van der Waals surface area contributed by atoms with Crippen molar-refractivity contribution in [1.82, 2.24) is 10.3 Å². The maximum atomic E-state index is 12.0. The number of carbonyl (C=O) groups is 1. The van der Waals surface area contributed by atoms with Crippen LogP contribution in [0.4, 0.5) is 0 Å². The van der Waals surface area contributed by atoms with Crippen molar-refractivity contribution < 1.29 is 9.53 Å². The smallest absolute Gasteiger partial charge is 0.358 e. The second-order valence-corrected chi connectivity index (χ2v) is 6.44. The van der Waals surface area contributed by atoms with Crippen LogP contribution in [0.15, 0.2) is 5.38 Å². The third-order valence-corrected chi connectivity index (χ3v) is 4.34. The van der Waals surface area contributed by atoms with Crippen molar-refractivity contribution in [3.63, 3.8) is 0 Å². The zero-order valence-electron chi connectivity index (χ0n) is 10.5. The quantitative estimate of drug-likeness (QED) is 0.869. The van der Waals surface area contributed by atoms with Gasteiger partial charge in [0, 0.05) is 11.3 Å². The van der Waals surface area contributed by atoms with Crippen LogP contribution in [0.1, 0.15) is 37.2 Å². The van der Waals surface area contributed by atoms with E-state index in [0.29, 0.717) is 16.1 Å². The summed E-state index contributed by atoms with van der Waals surface area (Å²) in [7, 11) is 0. The average Bonchev–Trinajstić information content (AvgIpc) is 2.77. The fraction of sp³-hybridized carbons (Fsp3) is 0.667. The highest BCUT2D eigenvalue weighted by atomic mass is 35.5. The van der Waals surface area contributed by atoms with E-state index in [1.807, 2.05) is 13.8 Å². The molecule has 1 aliphatic rings. The Morgan fingerprint density at radius 2 is 2.22 bits per heavy atom. The minimum absolute atomic E-state index is 0.298. The molecule has 1 saturated heterocycles. The molecule has 0 aromatic carbocycles. The average molecular weight is 289 g/mol. The van der Waals surface area contributed by atoms with E-state index in [4.69, 9.17) is 16.3 Å². The Labute approximate surface area is 116 Å². The van der Waals surface area contributed by atoms with Gasteiger partial charge in [-0.15, -0.1) is 11.3 Å². The maximum Gasteiger partial charge on any atom is 0.358 e. The van der Waals surface area contributed by atoms with Crippen molar-refractivity contribution in [3.8, 4) is 0 Å². The summed E-state index contributed by atoms with van der Waals surface area (Å²) < 4.78 is 5.96. The van der Waals surface area contributed by atoms with E-state index in [-0.39, 0.29) is 5.97 Å². The number of carbonyl (C=O) groups excluding carboxylic acids is 1. The van der Waals surface area contributed by atoms with Crippen molar-refractivity contribution >= 4 is 28.9 Å². The first-order valence-electron chi connectivity index (χ1n) is 6.04. The van der Waals surface area contributed by atoms with Crippen LogP contribution in [0.2, 0.25) is 4.47 Å². The van der Waals surface area contributed by atoms with E-state index in [0.717, 1.165) is 25.9 Å². The van der Waals surface area contributed by atoms with E-state index in [1.165, 1.54) is 11.3 Å². The number of nitrogens with zero attached hydrogens (tertiary/aromatic N) is 1. The highest BCUT2D eigenvalue weighted by molar-refractivity contribution is 7.14. The fourth-order valence-corrected chi connectivity index (χ4v) is 2.97. The largest absolute Gasteiger partial charge is 0.455 e. The molecule has 4 nitrogen and oxygen atoms in total. The van der Waals surface area contributed by atoms with Crippen LogP contribution in [-0.4, -0.2) is 29.6 Å². The lowest BCUT2D eigenvalue weighted by Crippen LogP contribution is -2.42. The molecule has 2 heterocycles. The number of hydrogen-bond acceptors (Lipinski definition) is 5. The van der Waals surface area contributed by atoms with Crippen LogP contribution in [0, 0.1) is 5.92 Å². The summed E-state index contributed by atoms with van der Waals surface area (Å²) >= 11 is 6.95. The van der Waals surface area contributed by atoms with Gasteiger partial charge in [-0.1, -0.05) is 11.6 Å². The Morgan fingerprint density at radius 1 is 1.56 bits per heavy atom. The van der Waals surface area contributed by atoms with Gasteiger partial charge in [0.2, 0.25) is 0 Å². The summed E-state index contributed by atoms with van der Waals surface area (Å²) in [5, 5.41) is 4.93. The summed E-state index contributed by atoms with van der Waals surface area (Å²) in [6.45, 7) is 5.89. The van der Waals surface area contributed by atoms with Crippen LogP contribution < -0.4 is 5.32 Å². The topological polar surface area (TPSA) is 51.2 Å². The Kier molecular flexibility index (Phi) is 4.25. The third kappa shape index (κ3) is 3.22. The highest BCUT2D eigenvalue weighted by Gasteiger charge is 2.34. The lowest BCUT2D eigenvalue weighted by atomic mass is 9.83. The third-order valence-electron chi connectivity index (χ3n) is 3.36. The number of nitrogens with one attached hydrogen (secondary N) is 1. The van der Waals surface area contributed by atoms with Gasteiger partial charge in [0.15, 0.2) is 10.2 Å². The molecule has 0 atom stereocenters. The lowest BCUT2D eigenvalue weighted by Gasteiger charge is -2.36. The Balaban J connectivity index is 2.00. The van der Waals surface area contributed by atoms with Gasteiger partial charge >= 0.3 is 5.97 Å². The van der Waals surface area contributed by atoms with Crippen molar-refractivity contribution in [2.45, 2.75) is 32.3 Å². The monoisotopic (exact) mass is 288 g/mol. The van der Waals surface area contributed by atoms with Gasteiger partial charge in [-0.2, -0.15) is 0 Å². The van der Waals surface area contributed by atoms with Crippen molar-refractivity contribution in [2.24, 2.45) is 5.92 Å². The van der Waals surface area contributed by atoms with Crippen LogP contribution >= 0.6 is 22.9 Å². The molecule has 100 valence electrons. The molecule has 6 heteroatoms. The summed E-state index contributed by atoms with van der Waals surface area (Å²) in [5.41, 5.74) is -0.165. The highest BCUT2D eigenvalue weighted by Crippen LogP contribution is 2.30. The number of esters is 1. The number of aromatic nitrogens is 1. The van der Waals surface area contributed by atoms with Crippen LogP contribution in [0.5, 0.6) is 0 Å². The van der Waals surface area contributed by atoms with E-state index in [2.05, 4.69) is 10.3 Å². The normalized spacial score (nSPS) is 17.7. The predicted molar refractivity (Wildman–Crippen MR) is 72.2 cm³/mol. The standard InChI is InChI=1S/C12H17ClN2O2S/c1-12(2,8-3-5-14-6-4-8)17-10(16)9-7-18-11(13)15-9/h7-8,14H,3-6H2,1-2H3.